The van der Waals surface area contributed by atoms with E-state index in [0.29, 0.717) is 42.9 Å². The molecule has 0 radical (unpaired) electrons. The quantitative estimate of drug-likeness (QED) is 0.139. The van der Waals surface area contributed by atoms with Gasteiger partial charge in [-0.25, -0.2) is 13.2 Å². The molecule has 0 aromatic carbocycles. The maximum absolute atomic E-state index is 13.4. The van der Waals surface area contributed by atoms with Crippen LogP contribution in [-0.2, 0) is 43.8 Å². The molecule has 1 aromatic heterocycles. The predicted molar refractivity (Wildman–Crippen MR) is 171 cm³/mol. The number of methoxy groups -OCH3 is 1. The van der Waals surface area contributed by atoms with Crippen LogP contribution in [0.4, 0.5) is 0 Å². The van der Waals surface area contributed by atoms with E-state index >= 15 is 0 Å². The summed E-state index contributed by atoms with van der Waals surface area (Å²) in [6, 6.07) is 0.979. The number of hydrogen-bond acceptors (Lipinski definition) is 12. The molecule has 0 saturated heterocycles. The largest absolute Gasteiger partial charge is 0.458 e. The summed E-state index contributed by atoms with van der Waals surface area (Å²) < 4.78 is 75.0. The molecule has 2 N–H and O–H groups in total. The second-order valence-electron chi connectivity index (χ2n) is 11.7. The number of sulfonamides is 2. The number of nitrogens with zero attached hydrogens (tertiary/aromatic N) is 2. The van der Waals surface area contributed by atoms with Crippen LogP contribution in [0.1, 0.15) is 86.3 Å². The average Bonchev–Trinajstić information content (AvgIpc) is 3.46. The van der Waals surface area contributed by atoms with Crippen molar-refractivity contribution in [2.75, 3.05) is 33.4 Å². The van der Waals surface area contributed by atoms with Crippen LogP contribution in [-0.4, -0.2) is 95.1 Å². The lowest BCUT2D eigenvalue weighted by atomic mass is 9.86. The van der Waals surface area contributed by atoms with Crippen molar-refractivity contribution in [2.24, 2.45) is 16.2 Å². The van der Waals surface area contributed by atoms with Gasteiger partial charge in [-0.3, -0.25) is 4.79 Å². The number of ether oxygens (including phenoxy) is 3. The molecule has 1 aliphatic rings. The Labute approximate surface area is 271 Å². The van der Waals surface area contributed by atoms with Gasteiger partial charge in [0.2, 0.25) is 0 Å². The lowest BCUT2D eigenvalue weighted by Gasteiger charge is -2.38. The van der Waals surface area contributed by atoms with Gasteiger partial charge >= 0.3 is 11.9 Å². The first-order chi connectivity index (χ1) is 20.8. The van der Waals surface area contributed by atoms with E-state index in [0.717, 1.165) is 0 Å². The Balaban J connectivity index is 2.33. The van der Waals surface area contributed by atoms with Crippen molar-refractivity contribution < 1.29 is 45.7 Å². The number of aliphatic hydroxyl groups excluding tert-OH is 1. The van der Waals surface area contributed by atoms with E-state index in [4.69, 9.17) is 14.2 Å². The van der Waals surface area contributed by atoms with E-state index in [9.17, 15) is 31.5 Å². The molecule has 45 heavy (non-hydrogen) atoms. The van der Waals surface area contributed by atoms with Gasteiger partial charge in [-0.1, -0.05) is 27.7 Å². The lowest BCUT2D eigenvalue weighted by molar-refractivity contribution is -0.187. The first-order valence-corrected chi connectivity index (χ1v) is 18.8. The standard InChI is InChI=1S/C29H49N3O10S3/c1-10-28(7,41-25(34)20(5)29(8,11-2)42-26(35)21(6)33)19(4)17-31-44(36,37)24-16-22-23(30-12-3)18-32(14-13-15-40-9)45(38,39)27(22)43-24/h16-17,19-21,23,30,33H,10-15,18H2,1-9H3/b31-17+/t19?,20?,21?,23-,28?,29?/m0/s1. The van der Waals surface area contributed by atoms with Gasteiger partial charge in [0, 0.05) is 50.5 Å². The van der Waals surface area contributed by atoms with Crippen molar-refractivity contribution >= 4 is 49.5 Å². The molecular weight excluding hydrogens is 647 g/mol. The Morgan fingerprint density at radius 3 is 2.29 bits per heavy atom. The van der Waals surface area contributed by atoms with Gasteiger partial charge in [0.1, 0.15) is 25.7 Å². The average molecular weight is 696 g/mol. The number of carbonyl (C=O) groups excluding carboxylic acids is 2. The highest BCUT2D eigenvalue weighted by atomic mass is 32.3. The molecule has 0 amide bonds. The van der Waals surface area contributed by atoms with Gasteiger partial charge < -0.3 is 24.6 Å². The topological polar surface area (TPSA) is 178 Å². The van der Waals surface area contributed by atoms with E-state index in [-0.39, 0.29) is 27.9 Å². The highest BCUT2D eigenvalue weighted by Gasteiger charge is 2.44. The highest BCUT2D eigenvalue weighted by molar-refractivity contribution is 7.94. The third-order valence-electron chi connectivity index (χ3n) is 8.57. The molecule has 0 bridgehead atoms. The van der Waals surface area contributed by atoms with Crippen LogP contribution in [0.15, 0.2) is 18.9 Å². The fourth-order valence-electron chi connectivity index (χ4n) is 4.69. The summed E-state index contributed by atoms with van der Waals surface area (Å²) in [7, 11) is -6.69. The minimum Gasteiger partial charge on any atom is -0.458 e. The van der Waals surface area contributed by atoms with E-state index in [1.54, 1.807) is 41.5 Å². The van der Waals surface area contributed by atoms with E-state index in [2.05, 4.69) is 9.71 Å². The third kappa shape index (κ3) is 9.11. The number of hydrogen-bond donors (Lipinski definition) is 2. The van der Waals surface area contributed by atoms with Crippen molar-refractivity contribution in [1.82, 2.24) is 9.62 Å². The molecule has 258 valence electrons. The van der Waals surface area contributed by atoms with Crippen molar-refractivity contribution in [1.29, 1.82) is 0 Å². The Morgan fingerprint density at radius 2 is 1.76 bits per heavy atom. The molecule has 0 saturated carbocycles. The number of esters is 2. The van der Waals surface area contributed by atoms with Crippen molar-refractivity contribution in [2.45, 2.75) is 106 Å². The summed E-state index contributed by atoms with van der Waals surface area (Å²) in [4.78, 5) is 25.3. The van der Waals surface area contributed by atoms with Crippen molar-refractivity contribution in [3.05, 3.63) is 11.6 Å². The summed E-state index contributed by atoms with van der Waals surface area (Å²) >= 11 is 0.666. The Bertz CT molecular complexity index is 1430. The number of rotatable bonds is 17. The molecule has 0 fully saturated rings. The molecule has 16 heteroatoms. The first kappa shape index (κ1) is 39.2. The van der Waals surface area contributed by atoms with Crippen LogP contribution in [0.3, 0.4) is 0 Å². The summed E-state index contributed by atoms with van der Waals surface area (Å²) in [5.74, 6) is -3.10. The zero-order chi connectivity index (χ0) is 34.4. The summed E-state index contributed by atoms with van der Waals surface area (Å²) in [5.41, 5.74) is -2.03. The number of aliphatic hydroxyl groups is 1. The van der Waals surface area contributed by atoms with Crippen LogP contribution in [0.25, 0.3) is 0 Å². The zero-order valence-corrected chi connectivity index (χ0v) is 30.1. The fourth-order valence-corrected chi connectivity index (χ4v) is 9.51. The molecule has 1 aromatic rings. The van der Waals surface area contributed by atoms with Crippen LogP contribution in [0, 0.1) is 11.8 Å². The number of thiophene rings is 1. The summed E-state index contributed by atoms with van der Waals surface area (Å²) in [6.07, 6.45) is 0.909. The Morgan fingerprint density at radius 1 is 1.16 bits per heavy atom. The van der Waals surface area contributed by atoms with Gasteiger partial charge in [0.05, 0.1) is 5.92 Å². The molecule has 2 rings (SSSR count). The van der Waals surface area contributed by atoms with E-state index in [1.165, 1.54) is 30.6 Å². The summed E-state index contributed by atoms with van der Waals surface area (Å²) in [6.45, 7) is 14.5. The molecule has 13 nitrogen and oxygen atoms in total. The van der Waals surface area contributed by atoms with Crippen LogP contribution < -0.4 is 5.32 Å². The minimum absolute atomic E-state index is 0.0319. The third-order valence-corrected chi connectivity index (χ3v) is 13.8. The second-order valence-corrected chi connectivity index (χ2v) is 16.8. The van der Waals surface area contributed by atoms with Crippen LogP contribution >= 0.6 is 11.3 Å². The molecule has 5 unspecified atom stereocenters. The lowest BCUT2D eigenvalue weighted by Crippen LogP contribution is -2.47. The fraction of sp³-hybridized carbons (Fsp3) is 0.759. The number of likely N-dealkylation sites (N-methyl/N-ethyl adjacent to an activating group) is 1. The SMILES string of the molecule is CCN[C@H]1CN(CCCOC)S(=O)(=O)c2sc(S(=O)(=O)/N=C/C(C)C(C)(CC)OC(=O)C(C)C(C)(CC)OC(=O)C(C)O)cc21. The first-order valence-electron chi connectivity index (χ1n) is 15.1. The predicted octanol–water partition coefficient (Wildman–Crippen LogP) is 3.28. The Hall–Kier alpha value is -1.95. The second kappa shape index (κ2) is 15.8. The van der Waals surface area contributed by atoms with Crippen molar-refractivity contribution in [3.63, 3.8) is 0 Å². The molecule has 2 heterocycles. The number of fused-ring (bicyclic) bond motifs is 1. The van der Waals surface area contributed by atoms with Gasteiger partial charge in [0.25, 0.3) is 20.0 Å². The van der Waals surface area contributed by atoms with E-state index < -0.39 is 67.2 Å². The minimum atomic E-state index is -4.30. The smallest absolute Gasteiger partial charge is 0.335 e. The Kier molecular flexibility index (Phi) is 13.7. The molecule has 6 atom stereocenters. The van der Waals surface area contributed by atoms with Crippen molar-refractivity contribution in [3.8, 4) is 0 Å². The maximum Gasteiger partial charge on any atom is 0.335 e. The zero-order valence-electron chi connectivity index (χ0n) is 27.7. The molecular formula is C29H49N3O10S3. The van der Waals surface area contributed by atoms with Crippen LogP contribution in [0.2, 0.25) is 0 Å². The number of carbonyl (C=O) groups is 2. The number of nitrogens with one attached hydrogen (secondary N) is 1. The van der Waals surface area contributed by atoms with E-state index in [1.807, 2.05) is 6.92 Å². The van der Waals surface area contributed by atoms with Crippen LogP contribution in [0.5, 0.6) is 0 Å². The summed E-state index contributed by atoms with van der Waals surface area (Å²) in [5, 5.41) is 12.8. The highest BCUT2D eigenvalue weighted by Crippen LogP contribution is 2.41. The normalized spacial score (nSPS) is 21.7. The van der Waals surface area contributed by atoms with Gasteiger partial charge in [-0.05, 0) is 59.6 Å². The maximum atomic E-state index is 13.4. The molecule has 0 spiro atoms. The van der Waals surface area contributed by atoms with Gasteiger partial charge in [-0.2, -0.15) is 17.1 Å². The monoisotopic (exact) mass is 695 g/mol. The van der Waals surface area contributed by atoms with Gasteiger partial charge in [-0.15, -0.1) is 11.3 Å². The van der Waals surface area contributed by atoms with Gasteiger partial charge in [0.15, 0.2) is 0 Å². The molecule has 1 aliphatic heterocycles. The molecule has 0 aliphatic carbocycles.